The first-order valence-corrected chi connectivity index (χ1v) is 13.5. The van der Waals surface area contributed by atoms with E-state index in [2.05, 4.69) is 34.1 Å². The number of hydrogen-bond donors (Lipinski definition) is 1. The number of benzene rings is 2. The third-order valence-corrected chi connectivity index (χ3v) is 8.38. The zero-order valence-electron chi connectivity index (χ0n) is 19.1. The summed E-state index contributed by atoms with van der Waals surface area (Å²) in [7, 11) is 0. The number of H-pyrrole nitrogens is 1. The molecule has 1 amide bonds. The van der Waals surface area contributed by atoms with E-state index in [1.165, 1.54) is 28.7 Å². The molecule has 0 unspecified atom stereocenters. The van der Waals surface area contributed by atoms with Crippen LogP contribution in [0.25, 0.3) is 21.3 Å². The number of hydrogen-bond acceptors (Lipinski definition) is 5. The zero-order valence-corrected chi connectivity index (χ0v) is 20.7. The van der Waals surface area contributed by atoms with E-state index in [1.807, 2.05) is 48.7 Å². The van der Waals surface area contributed by atoms with Crippen LogP contribution in [-0.2, 0) is 17.0 Å². The molecular weight excluding hydrogens is 462 g/mol. The molecule has 1 fully saturated rings. The van der Waals surface area contributed by atoms with Gasteiger partial charge in [-0.25, -0.2) is 4.98 Å². The van der Waals surface area contributed by atoms with E-state index in [0.717, 1.165) is 41.8 Å². The average Bonchev–Trinajstić information content (AvgIpc) is 3.51. The number of nitrogens with one attached hydrogen (secondary N) is 1. The number of aromatic amines is 1. The van der Waals surface area contributed by atoms with Crippen LogP contribution in [0.1, 0.15) is 31.2 Å². The predicted octanol–water partition coefficient (Wildman–Crippen LogP) is 5.51. The molecule has 4 aromatic rings. The first-order chi connectivity index (χ1) is 16.6. The fourth-order valence-corrected chi connectivity index (χ4v) is 6.41. The van der Waals surface area contributed by atoms with Gasteiger partial charge in [0, 0.05) is 23.5 Å². The standard InChI is InChI=1S/C27H27N3O2S2/c1-18(27(32)30-14-8-13-21(30)15-19-9-4-2-5-10-19)33-17-23-28-25(31)24-22(16-34-26(24)29-23)20-11-6-3-7-12-20/h2-7,9-12,16,18,21H,8,13-15,17H2,1H3,(H,28,29,31)/t18-,21-/m0/s1. The van der Waals surface area contributed by atoms with Crippen LogP contribution in [0.15, 0.2) is 70.8 Å². The highest BCUT2D eigenvalue weighted by molar-refractivity contribution is 7.99. The fourth-order valence-electron chi connectivity index (χ4n) is 4.62. The fraction of sp³-hybridized carbons (Fsp3) is 0.296. The molecule has 0 radical (unpaired) electrons. The van der Waals surface area contributed by atoms with Crippen molar-refractivity contribution in [2.45, 2.75) is 43.2 Å². The van der Waals surface area contributed by atoms with Crippen LogP contribution < -0.4 is 5.56 Å². The quantitative estimate of drug-likeness (QED) is 0.372. The molecule has 3 heterocycles. The van der Waals surface area contributed by atoms with Gasteiger partial charge in [0.05, 0.1) is 16.4 Å². The van der Waals surface area contributed by atoms with Crippen molar-refractivity contribution in [2.24, 2.45) is 0 Å². The highest BCUT2D eigenvalue weighted by atomic mass is 32.2. The molecule has 2 aromatic carbocycles. The summed E-state index contributed by atoms with van der Waals surface area (Å²) in [5.74, 6) is 1.29. The molecule has 1 N–H and O–H groups in total. The number of thiophene rings is 1. The summed E-state index contributed by atoms with van der Waals surface area (Å²) in [5, 5.41) is 2.43. The van der Waals surface area contributed by atoms with E-state index in [4.69, 9.17) is 4.98 Å². The van der Waals surface area contributed by atoms with Gasteiger partial charge in [-0.15, -0.1) is 23.1 Å². The molecule has 0 spiro atoms. The third kappa shape index (κ3) is 4.81. The summed E-state index contributed by atoms with van der Waals surface area (Å²) < 4.78 is 0. The first kappa shape index (κ1) is 22.9. The van der Waals surface area contributed by atoms with E-state index < -0.39 is 0 Å². The Hall–Kier alpha value is -2.90. The molecule has 174 valence electrons. The first-order valence-electron chi connectivity index (χ1n) is 11.6. The van der Waals surface area contributed by atoms with Crippen molar-refractivity contribution < 1.29 is 4.79 Å². The van der Waals surface area contributed by atoms with Gasteiger partial charge in [0.1, 0.15) is 10.7 Å². The lowest BCUT2D eigenvalue weighted by Crippen LogP contribution is -2.41. The maximum absolute atomic E-state index is 13.2. The van der Waals surface area contributed by atoms with Gasteiger partial charge >= 0.3 is 0 Å². The van der Waals surface area contributed by atoms with E-state index in [9.17, 15) is 9.59 Å². The molecule has 1 aliphatic rings. The van der Waals surface area contributed by atoms with Gasteiger partial charge in [-0.05, 0) is 37.3 Å². The van der Waals surface area contributed by atoms with Gasteiger partial charge in [0.2, 0.25) is 5.91 Å². The molecule has 34 heavy (non-hydrogen) atoms. The molecule has 2 aromatic heterocycles. The molecule has 0 aliphatic carbocycles. The van der Waals surface area contributed by atoms with Gasteiger partial charge in [-0.2, -0.15) is 0 Å². The molecule has 2 atom stereocenters. The number of carbonyl (C=O) groups is 1. The van der Waals surface area contributed by atoms with E-state index in [1.54, 1.807) is 0 Å². The van der Waals surface area contributed by atoms with Crippen molar-refractivity contribution in [1.82, 2.24) is 14.9 Å². The Balaban J connectivity index is 1.26. The number of amides is 1. The number of likely N-dealkylation sites (tertiary alicyclic amines) is 1. The van der Waals surface area contributed by atoms with Crippen LogP contribution in [0.4, 0.5) is 0 Å². The number of nitrogens with zero attached hydrogens (tertiary/aromatic N) is 2. The second-order valence-electron chi connectivity index (χ2n) is 8.68. The van der Waals surface area contributed by atoms with Gasteiger partial charge in [0.25, 0.3) is 5.56 Å². The molecule has 7 heteroatoms. The maximum atomic E-state index is 13.2. The van der Waals surface area contributed by atoms with Crippen molar-refractivity contribution >= 4 is 39.2 Å². The minimum Gasteiger partial charge on any atom is -0.338 e. The second kappa shape index (κ2) is 10.2. The Morgan fingerprint density at radius 3 is 2.68 bits per heavy atom. The Morgan fingerprint density at radius 2 is 1.91 bits per heavy atom. The molecule has 0 bridgehead atoms. The van der Waals surface area contributed by atoms with Gasteiger partial charge < -0.3 is 9.88 Å². The van der Waals surface area contributed by atoms with Gasteiger partial charge in [-0.3, -0.25) is 9.59 Å². The molecule has 1 aliphatic heterocycles. The molecule has 1 saturated heterocycles. The van der Waals surface area contributed by atoms with Crippen LogP contribution in [0.3, 0.4) is 0 Å². The van der Waals surface area contributed by atoms with Crippen molar-refractivity contribution in [3.63, 3.8) is 0 Å². The summed E-state index contributed by atoms with van der Waals surface area (Å²) in [4.78, 5) is 36.5. The largest absolute Gasteiger partial charge is 0.338 e. The number of rotatable bonds is 7. The lowest BCUT2D eigenvalue weighted by Gasteiger charge is -2.27. The van der Waals surface area contributed by atoms with Crippen molar-refractivity contribution in [2.75, 3.05) is 6.54 Å². The molecule has 5 nitrogen and oxygen atoms in total. The highest BCUT2D eigenvalue weighted by Crippen LogP contribution is 2.31. The lowest BCUT2D eigenvalue weighted by atomic mass is 10.0. The number of aromatic nitrogens is 2. The maximum Gasteiger partial charge on any atom is 0.260 e. The second-order valence-corrected chi connectivity index (χ2v) is 10.9. The average molecular weight is 490 g/mol. The minimum absolute atomic E-state index is 0.123. The monoisotopic (exact) mass is 489 g/mol. The number of thioether (sulfide) groups is 1. The Kier molecular flexibility index (Phi) is 6.83. The third-order valence-electron chi connectivity index (χ3n) is 6.37. The smallest absolute Gasteiger partial charge is 0.260 e. The predicted molar refractivity (Wildman–Crippen MR) is 141 cm³/mol. The minimum atomic E-state index is -0.194. The molecule has 0 saturated carbocycles. The van der Waals surface area contributed by atoms with Crippen LogP contribution in [0.2, 0.25) is 0 Å². The summed E-state index contributed by atoms with van der Waals surface area (Å²) in [6.45, 7) is 2.78. The normalized spacial score (nSPS) is 16.7. The van der Waals surface area contributed by atoms with Crippen LogP contribution in [0, 0.1) is 0 Å². The number of fused-ring (bicyclic) bond motifs is 1. The zero-order chi connectivity index (χ0) is 23.5. The van der Waals surface area contributed by atoms with Gasteiger partial charge in [0.15, 0.2) is 0 Å². The summed E-state index contributed by atoms with van der Waals surface area (Å²) >= 11 is 3.02. The summed E-state index contributed by atoms with van der Waals surface area (Å²) in [6.07, 6.45) is 3.00. The van der Waals surface area contributed by atoms with E-state index >= 15 is 0 Å². The van der Waals surface area contributed by atoms with E-state index in [0.29, 0.717) is 17.0 Å². The van der Waals surface area contributed by atoms with Crippen LogP contribution in [0.5, 0.6) is 0 Å². The number of carbonyl (C=O) groups excluding carboxylic acids is 1. The lowest BCUT2D eigenvalue weighted by molar-refractivity contribution is -0.131. The van der Waals surface area contributed by atoms with Crippen molar-refractivity contribution in [3.05, 3.63) is 87.8 Å². The molecular formula is C27H27N3O2S2. The van der Waals surface area contributed by atoms with Crippen LogP contribution >= 0.6 is 23.1 Å². The Labute approximate surface area is 207 Å². The molecule has 5 rings (SSSR count). The highest BCUT2D eigenvalue weighted by Gasteiger charge is 2.31. The van der Waals surface area contributed by atoms with Crippen molar-refractivity contribution in [1.29, 1.82) is 0 Å². The Morgan fingerprint density at radius 1 is 1.18 bits per heavy atom. The van der Waals surface area contributed by atoms with E-state index in [-0.39, 0.29) is 22.8 Å². The topological polar surface area (TPSA) is 66.1 Å². The van der Waals surface area contributed by atoms with Crippen LogP contribution in [-0.4, -0.2) is 38.6 Å². The van der Waals surface area contributed by atoms with Gasteiger partial charge in [-0.1, -0.05) is 60.7 Å². The SMILES string of the molecule is C[C@H](SCc1nc2scc(-c3ccccc3)c2c(=O)[nH]1)C(=O)N1CCC[C@H]1Cc1ccccc1. The Bertz CT molecular complexity index is 1330. The summed E-state index contributed by atoms with van der Waals surface area (Å²) in [6, 6.07) is 20.5. The van der Waals surface area contributed by atoms with Crippen molar-refractivity contribution in [3.8, 4) is 11.1 Å². The summed E-state index contributed by atoms with van der Waals surface area (Å²) in [5.41, 5.74) is 3.07.